The van der Waals surface area contributed by atoms with Crippen LogP contribution in [0.5, 0.6) is 0 Å². The van der Waals surface area contributed by atoms with Crippen LogP contribution in [0.4, 0.5) is 4.39 Å². The van der Waals surface area contributed by atoms with Crippen molar-refractivity contribution in [1.82, 2.24) is 10.4 Å². The third-order valence-corrected chi connectivity index (χ3v) is 5.51. The molecule has 0 radical (unpaired) electrons. The van der Waals surface area contributed by atoms with E-state index in [1.807, 2.05) is 12.1 Å². The smallest absolute Gasteiger partial charge is 0.129 e. The average molecular weight is 365 g/mol. The molecule has 0 saturated carbocycles. The van der Waals surface area contributed by atoms with Gasteiger partial charge in [-0.3, -0.25) is 0 Å². The van der Waals surface area contributed by atoms with Gasteiger partial charge in [-0.15, -0.1) is 0 Å². The van der Waals surface area contributed by atoms with Gasteiger partial charge in [0.05, 0.1) is 0 Å². The normalized spacial score (nSPS) is 20.7. The first-order valence-corrected chi connectivity index (χ1v) is 9.87. The molecular formula is C22H37FN2O. The van der Waals surface area contributed by atoms with Crippen molar-refractivity contribution in [2.24, 2.45) is 5.41 Å². The molecule has 2 rings (SSSR count). The zero-order valence-electron chi connectivity index (χ0n) is 17.2. The molecule has 1 saturated heterocycles. The molecule has 0 spiro atoms. The van der Waals surface area contributed by atoms with E-state index >= 15 is 0 Å². The number of nitrogens with zero attached hydrogens (tertiary/aromatic N) is 1. The minimum atomic E-state index is -0.102. The lowest BCUT2D eigenvalue weighted by Gasteiger charge is -2.32. The first kappa shape index (κ1) is 22.7. The molecule has 0 aromatic heterocycles. The van der Waals surface area contributed by atoms with Crippen LogP contribution in [0.2, 0.25) is 0 Å². The molecule has 4 heteroatoms. The summed E-state index contributed by atoms with van der Waals surface area (Å²) in [6.07, 6.45) is 5.15. The molecule has 1 aliphatic rings. The number of nitrogens with one attached hydrogen (secondary N) is 1. The van der Waals surface area contributed by atoms with Crippen molar-refractivity contribution in [2.45, 2.75) is 72.8 Å². The van der Waals surface area contributed by atoms with E-state index in [-0.39, 0.29) is 11.2 Å². The van der Waals surface area contributed by atoms with Gasteiger partial charge in [0.15, 0.2) is 0 Å². The number of benzene rings is 1. The van der Waals surface area contributed by atoms with E-state index in [4.69, 9.17) is 5.21 Å². The van der Waals surface area contributed by atoms with Crippen LogP contribution in [0.1, 0.15) is 64.5 Å². The molecule has 3 nitrogen and oxygen atoms in total. The highest BCUT2D eigenvalue weighted by Gasteiger charge is 2.39. The monoisotopic (exact) mass is 364 g/mol. The molecular weight excluding hydrogens is 327 g/mol. The maximum absolute atomic E-state index is 14.3. The second-order valence-electron chi connectivity index (χ2n) is 7.72. The SMILES string of the molecule is C=C1N([C@H](C)CCNO)CCC1(C)Cc1cccc(C)c1F.CCCC. The van der Waals surface area contributed by atoms with E-state index in [0.717, 1.165) is 30.6 Å². The first-order valence-electron chi connectivity index (χ1n) is 9.87. The Kier molecular flexibility index (Phi) is 9.31. The number of unbranched alkanes of at least 4 members (excludes halogenated alkanes) is 1. The molecule has 1 heterocycles. The number of allylic oxidation sites excluding steroid dienone is 1. The minimum absolute atomic E-state index is 0.0903. The van der Waals surface area contributed by atoms with E-state index < -0.39 is 0 Å². The van der Waals surface area contributed by atoms with E-state index in [1.54, 1.807) is 13.0 Å². The summed E-state index contributed by atoms with van der Waals surface area (Å²) in [4.78, 5) is 2.30. The van der Waals surface area contributed by atoms with Crippen LogP contribution >= 0.6 is 0 Å². The minimum Gasteiger partial charge on any atom is -0.372 e. The Bertz CT molecular complexity index is 573. The molecule has 1 unspecified atom stereocenters. The Morgan fingerprint density at radius 1 is 1.35 bits per heavy atom. The van der Waals surface area contributed by atoms with Crippen molar-refractivity contribution in [1.29, 1.82) is 0 Å². The maximum atomic E-state index is 14.3. The average Bonchev–Trinajstić information content (AvgIpc) is 2.92. The van der Waals surface area contributed by atoms with Crippen molar-refractivity contribution in [3.63, 3.8) is 0 Å². The summed E-state index contributed by atoms with van der Waals surface area (Å²) in [6, 6.07) is 5.92. The van der Waals surface area contributed by atoms with Crippen LogP contribution in [0, 0.1) is 18.2 Å². The van der Waals surface area contributed by atoms with Gasteiger partial charge in [-0.05, 0) is 44.2 Å². The van der Waals surface area contributed by atoms with E-state index in [2.05, 4.69) is 44.7 Å². The molecule has 0 bridgehead atoms. The predicted molar refractivity (Wildman–Crippen MR) is 108 cm³/mol. The van der Waals surface area contributed by atoms with Crippen LogP contribution < -0.4 is 5.48 Å². The number of halogens is 1. The van der Waals surface area contributed by atoms with Crippen LogP contribution in [-0.4, -0.2) is 29.2 Å². The number of hydrogen-bond acceptors (Lipinski definition) is 3. The van der Waals surface area contributed by atoms with Crippen molar-refractivity contribution in [3.05, 3.63) is 47.4 Å². The summed E-state index contributed by atoms with van der Waals surface area (Å²) in [5, 5.41) is 8.75. The zero-order valence-corrected chi connectivity index (χ0v) is 17.2. The van der Waals surface area contributed by atoms with Gasteiger partial charge in [0.1, 0.15) is 5.82 Å². The summed E-state index contributed by atoms with van der Waals surface area (Å²) < 4.78 is 14.3. The molecule has 1 fully saturated rings. The number of likely N-dealkylation sites (tertiary alicyclic amines) is 1. The van der Waals surface area contributed by atoms with E-state index in [9.17, 15) is 4.39 Å². The lowest BCUT2D eigenvalue weighted by atomic mass is 9.80. The van der Waals surface area contributed by atoms with Gasteiger partial charge in [-0.25, -0.2) is 9.87 Å². The third-order valence-electron chi connectivity index (χ3n) is 5.51. The molecule has 1 aromatic carbocycles. The number of rotatable bonds is 7. The highest BCUT2D eigenvalue weighted by Crippen LogP contribution is 2.43. The van der Waals surface area contributed by atoms with E-state index in [1.165, 1.54) is 12.8 Å². The second-order valence-corrected chi connectivity index (χ2v) is 7.72. The molecule has 1 aliphatic heterocycles. The van der Waals surface area contributed by atoms with Crippen molar-refractivity contribution < 1.29 is 9.60 Å². The molecule has 0 amide bonds. The lowest BCUT2D eigenvalue weighted by Crippen LogP contribution is -2.33. The van der Waals surface area contributed by atoms with Crippen LogP contribution in [0.15, 0.2) is 30.5 Å². The largest absolute Gasteiger partial charge is 0.372 e. The molecule has 26 heavy (non-hydrogen) atoms. The topological polar surface area (TPSA) is 35.5 Å². The van der Waals surface area contributed by atoms with Gasteiger partial charge in [0.25, 0.3) is 0 Å². The van der Waals surface area contributed by atoms with Gasteiger partial charge in [0.2, 0.25) is 0 Å². The third kappa shape index (κ3) is 5.82. The summed E-state index contributed by atoms with van der Waals surface area (Å²) in [5.41, 5.74) is 4.66. The van der Waals surface area contributed by atoms with Gasteiger partial charge in [-0.2, -0.15) is 0 Å². The van der Waals surface area contributed by atoms with Crippen LogP contribution in [-0.2, 0) is 6.42 Å². The molecule has 2 N–H and O–H groups in total. The molecule has 148 valence electrons. The van der Waals surface area contributed by atoms with Crippen molar-refractivity contribution in [3.8, 4) is 0 Å². The molecule has 0 aliphatic carbocycles. The van der Waals surface area contributed by atoms with Crippen molar-refractivity contribution >= 4 is 0 Å². The number of hydrogen-bond donors (Lipinski definition) is 2. The Labute approximate surface area is 159 Å². The Balaban J connectivity index is 0.000000765. The van der Waals surface area contributed by atoms with Gasteiger partial charge >= 0.3 is 0 Å². The number of aryl methyl sites for hydroxylation is 1. The lowest BCUT2D eigenvalue weighted by molar-refractivity contribution is 0.152. The number of hydroxylamine groups is 1. The highest BCUT2D eigenvalue weighted by atomic mass is 19.1. The van der Waals surface area contributed by atoms with E-state index in [0.29, 0.717) is 24.6 Å². The Morgan fingerprint density at radius 2 is 2.00 bits per heavy atom. The van der Waals surface area contributed by atoms with Crippen LogP contribution in [0.25, 0.3) is 0 Å². The standard InChI is InChI=1S/C18H27FN2O.C4H10/c1-13-6-5-7-16(17(13)19)12-18(4)9-11-21(15(18)3)14(2)8-10-20-22;1-3-4-2/h5-7,14,20,22H,3,8-12H2,1-2,4H3;3-4H2,1-2H3/t14-,18?;/m1./s1. The summed E-state index contributed by atoms with van der Waals surface area (Å²) in [5.74, 6) is -0.0903. The zero-order chi connectivity index (χ0) is 19.7. The van der Waals surface area contributed by atoms with Gasteiger partial charge in [0, 0.05) is 30.2 Å². The molecule has 2 atom stereocenters. The van der Waals surface area contributed by atoms with Gasteiger partial charge in [-0.1, -0.05) is 58.4 Å². The first-order chi connectivity index (χ1) is 12.3. The van der Waals surface area contributed by atoms with Gasteiger partial charge < -0.3 is 10.1 Å². The maximum Gasteiger partial charge on any atom is 0.129 e. The summed E-state index contributed by atoms with van der Waals surface area (Å²) >= 11 is 0. The Morgan fingerprint density at radius 3 is 2.58 bits per heavy atom. The summed E-state index contributed by atoms with van der Waals surface area (Å²) in [6.45, 7) is 16.3. The Hall–Kier alpha value is -1.39. The van der Waals surface area contributed by atoms with Crippen LogP contribution in [0.3, 0.4) is 0 Å². The second kappa shape index (κ2) is 10.7. The fraction of sp³-hybridized carbons (Fsp3) is 0.636. The predicted octanol–water partition coefficient (Wildman–Crippen LogP) is 5.47. The quantitative estimate of drug-likeness (QED) is 0.630. The summed E-state index contributed by atoms with van der Waals surface area (Å²) in [7, 11) is 0. The fourth-order valence-corrected chi connectivity index (χ4v) is 3.36. The highest BCUT2D eigenvalue weighted by molar-refractivity contribution is 5.29. The van der Waals surface area contributed by atoms with Crippen molar-refractivity contribution in [2.75, 3.05) is 13.1 Å². The fourth-order valence-electron chi connectivity index (χ4n) is 3.36. The molecule has 1 aromatic rings.